The maximum Gasteiger partial charge on any atom is 0.316 e. The highest BCUT2D eigenvalue weighted by Gasteiger charge is 2.24. The number of rotatable bonds is 8. The molecule has 1 saturated heterocycles. The molecule has 1 fully saturated rings. The van der Waals surface area contributed by atoms with Crippen molar-refractivity contribution in [1.82, 2.24) is 9.47 Å². The van der Waals surface area contributed by atoms with E-state index in [1.54, 1.807) is 0 Å². The van der Waals surface area contributed by atoms with E-state index in [2.05, 4.69) is 65.8 Å². The molecule has 0 spiro atoms. The van der Waals surface area contributed by atoms with E-state index >= 15 is 0 Å². The average Bonchev–Trinajstić information content (AvgIpc) is 3.51. The van der Waals surface area contributed by atoms with Crippen LogP contribution in [0.5, 0.6) is 11.5 Å². The van der Waals surface area contributed by atoms with Crippen molar-refractivity contribution in [2.75, 3.05) is 26.2 Å². The maximum absolute atomic E-state index is 12.4. The van der Waals surface area contributed by atoms with Crippen LogP contribution >= 0.6 is 0 Å². The number of fused-ring (bicyclic) bond motifs is 1. The standard InChI is InChI=1S/C34H40N2O3/c1-24-8-17-31-30(22-24)25(2)32(27-11-15-29(16-12-27)39-33(37)34(3,4)5)36(31)23-26-9-13-28(14-10-26)38-21-20-35-18-6-7-19-35/h8-17,22H,6-7,18-21,23H2,1-5H3. The van der Waals surface area contributed by atoms with Crippen LogP contribution in [0.1, 0.15) is 50.3 Å². The Morgan fingerprint density at radius 1 is 0.872 bits per heavy atom. The molecule has 3 aromatic carbocycles. The van der Waals surface area contributed by atoms with Gasteiger partial charge in [-0.15, -0.1) is 0 Å². The minimum absolute atomic E-state index is 0.237. The minimum Gasteiger partial charge on any atom is -0.492 e. The molecule has 5 rings (SSSR count). The summed E-state index contributed by atoms with van der Waals surface area (Å²) in [5.74, 6) is 1.25. The first kappa shape index (κ1) is 27.0. The summed E-state index contributed by atoms with van der Waals surface area (Å²) in [6, 6.07) is 23.0. The fourth-order valence-corrected chi connectivity index (χ4v) is 5.29. The van der Waals surface area contributed by atoms with E-state index in [9.17, 15) is 4.79 Å². The molecule has 1 aliphatic heterocycles. The van der Waals surface area contributed by atoms with Gasteiger partial charge in [0.25, 0.3) is 0 Å². The zero-order valence-corrected chi connectivity index (χ0v) is 23.9. The van der Waals surface area contributed by atoms with E-state index < -0.39 is 5.41 Å². The third-order valence-corrected chi connectivity index (χ3v) is 7.56. The summed E-state index contributed by atoms with van der Waals surface area (Å²) in [4.78, 5) is 14.8. The number of ether oxygens (including phenoxy) is 2. The SMILES string of the molecule is Cc1ccc2c(c1)c(C)c(-c1ccc(OC(=O)C(C)(C)C)cc1)n2Cc1ccc(OCCN2CCCC2)cc1. The van der Waals surface area contributed by atoms with E-state index in [1.165, 1.54) is 59.2 Å². The molecule has 2 heterocycles. The van der Waals surface area contributed by atoms with Gasteiger partial charge in [-0.25, -0.2) is 0 Å². The first-order valence-electron chi connectivity index (χ1n) is 14.1. The largest absolute Gasteiger partial charge is 0.492 e. The maximum atomic E-state index is 12.4. The van der Waals surface area contributed by atoms with Crippen molar-refractivity contribution in [3.63, 3.8) is 0 Å². The predicted octanol–water partition coefficient (Wildman–Crippen LogP) is 7.40. The second-order valence-corrected chi connectivity index (χ2v) is 11.8. The van der Waals surface area contributed by atoms with Crippen LogP contribution in [-0.2, 0) is 11.3 Å². The molecule has 0 amide bonds. The summed E-state index contributed by atoms with van der Waals surface area (Å²) in [5, 5.41) is 1.26. The highest BCUT2D eigenvalue weighted by Crippen LogP contribution is 2.35. The van der Waals surface area contributed by atoms with Crippen LogP contribution in [-0.4, -0.2) is 41.7 Å². The Hall–Kier alpha value is -3.57. The van der Waals surface area contributed by atoms with Gasteiger partial charge in [0.05, 0.1) is 11.1 Å². The van der Waals surface area contributed by atoms with E-state index in [-0.39, 0.29) is 5.97 Å². The van der Waals surface area contributed by atoms with Gasteiger partial charge < -0.3 is 14.0 Å². The molecular formula is C34H40N2O3. The predicted molar refractivity (Wildman–Crippen MR) is 159 cm³/mol. The van der Waals surface area contributed by atoms with Crippen LogP contribution < -0.4 is 9.47 Å². The van der Waals surface area contributed by atoms with Gasteiger partial charge in [-0.05, 0) is 126 Å². The number of benzene rings is 3. The molecule has 1 aromatic heterocycles. The molecule has 5 nitrogen and oxygen atoms in total. The van der Waals surface area contributed by atoms with Crippen LogP contribution in [0.25, 0.3) is 22.2 Å². The van der Waals surface area contributed by atoms with Gasteiger partial charge in [0, 0.05) is 24.0 Å². The lowest BCUT2D eigenvalue weighted by molar-refractivity contribution is -0.142. The molecule has 0 bridgehead atoms. The highest BCUT2D eigenvalue weighted by molar-refractivity contribution is 5.92. The summed E-state index contributed by atoms with van der Waals surface area (Å²) in [5.41, 5.74) is 6.64. The van der Waals surface area contributed by atoms with Gasteiger partial charge >= 0.3 is 5.97 Å². The number of aryl methyl sites for hydroxylation is 2. The normalized spacial score (nSPS) is 14.2. The number of hydrogen-bond donors (Lipinski definition) is 0. The summed E-state index contributed by atoms with van der Waals surface area (Å²) in [6.07, 6.45) is 2.61. The number of nitrogens with zero attached hydrogens (tertiary/aromatic N) is 2. The second kappa shape index (κ2) is 11.3. The van der Waals surface area contributed by atoms with Crippen molar-refractivity contribution in [2.45, 2.75) is 54.0 Å². The van der Waals surface area contributed by atoms with E-state index in [1.807, 2.05) is 45.0 Å². The Morgan fingerprint density at radius 3 is 2.21 bits per heavy atom. The minimum atomic E-state index is -0.548. The fourth-order valence-electron chi connectivity index (χ4n) is 5.29. The van der Waals surface area contributed by atoms with Crippen molar-refractivity contribution in [1.29, 1.82) is 0 Å². The van der Waals surface area contributed by atoms with Crippen LogP contribution in [0, 0.1) is 19.3 Å². The summed E-state index contributed by atoms with van der Waals surface area (Å²) in [7, 11) is 0. The van der Waals surface area contributed by atoms with E-state index in [0.717, 1.165) is 31.0 Å². The molecule has 0 aliphatic carbocycles. The van der Waals surface area contributed by atoms with Crippen LogP contribution in [0.15, 0.2) is 66.7 Å². The zero-order chi connectivity index (χ0) is 27.6. The van der Waals surface area contributed by atoms with E-state index in [0.29, 0.717) is 5.75 Å². The molecule has 1 aliphatic rings. The quantitative estimate of drug-likeness (QED) is 0.178. The van der Waals surface area contributed by atoms with Gasteiger partial charge in [0.1, 0.15) is 18.1 Å². The van der Waals surface area contributed by atoms with Gasteiger partial charge in [-0.1, -0.05) is 23.8 Å². The molecule has 0 saturated carbocycles. The monoisotopic (exact) mass is 524 g/mol. The number of carbonyl (C=O) groups excluding carboxylic acids is 1. The van der Waals surface area contributed by atoms with Crippen molar-refractivity contribution in [3.8, 4) is 22.8 Å². The third kappa shape index (κ3) is 6.20. The summed E-state index contributed by atoms with van der Waals surface area (Å²) in [6.45, 7) is 14.8. The molecule has 0 atom stereocenters. The fraction of sp³-hybridized carbons (Fsp3) is 0.382. The number of esters is 1. The Balaban J connectivity index is 1.39. The molecule has 5 heteroatoms. The summed E-state index contributed by atoms with van der Waals surface area (Å²) < 4.78 is 14.0. The number of likely N-dealkylation sites (tertiary alicyclic amines) is 1. The first-order valence-corrected chi connectivity index (χ1v) is 14.1. The molecule has 204 valence electrons. The zero-order valence-electron chi connectivity index (χ0n) is 23.9. The Kier molecular flexibility index (Phi) is 7.81. The van der Waals surface area contributed by atoms with Gasteiger partial charge in [-0.2, -0.15) is 0 Å². The molecule has 0 unspecified atom stereocenters. The molecule has 4 aromatic rings. The van der Waals surface area contributed by atoms with Crippen molar-refractivity contribution in [3.05, 3.63) is 83.4 Å². The van der Waals surface area contributed by atoms with Crippen molar-refractivity contribution < 1.29 is 14.3 Å². The molecule has 39 heavy (non-hydrogen) atoms. The molecular weight excluding hydrogens is 484 g/mol. The number of hydrogen-bond acceptors (Lipinski definition) is 4. The van der Waals surface area contributed by atoms with Gasteiger partial charge in [-0.3, -0.25) is 9.69 Å². The topological polar surface area (TPSA) is 43.7 Å². The Bertz CT molecular complexity index is 1440. The van der Waals surface area contributed by atoms with Crippen molar-refractivity contribution >= 4 is 16.9 Å². The molecule has 0 radical (unpaired) electrons. The Morgan fingerprint density at radius 2 is 1.54 bits per heavy atom. The van der Waals surface area contributed by atoms with Crippen LogP contribution in [0.2, 0.25) is 0 Å². The number of carbonyl (C=O) groups is 1. The molecule has 0 N–H and O–H groups in total. The summed E-state index contributed by atoms with van der Waals surface area (Å²) >= 11 is 0. The van der Waals surface area contributed by atoms with Crippen LogP contribution in [0.3, 0.4) is 0 Å². The van der Waals surface area contributed by atoms with E-state index in [4.69, 9.17) is 9.47 Å². The average molecular weight is 525 g/mol. The first-order chi connectivity index (χ1) is 18.7. The highest BCUT2D eigenvalue weighted by atomic mass is 16.5. The lowest BCUT2D eigenvalue weighted by Gasteiger charge is -2.17. The lowest BCUT2D eigenvalue weighted by atomic mass is 9.97. The Labute approximate surface area is 232 Å². The second-order valence-electron chi connectivity index (χ2n) is 11.8. The van der Waals surface area contributed by atoms with Gasteiger partial charge in [0.2, 0.25) is 0 Å². The third-order valence-electron chi connectivity index (χ3n) is 7.56. The lowest BCUT2D eigenvalue weighted by Crippen LogP contribution is -2.25. The van der Waals surface area contributed by atoms with Crippen LogP contribution in [0.4, 0.5) is 0 Å². The van der Waals surface area contributed by atoms with Crippen molar-refractivity contribution in [2.24, 2.45) is 5.41 Å². The number of aromatic nitrogens is 1. The van der Waals surface area contributed by atoms with Gasteiger partial charge in [0.15, 0.2) is 0 Å². The smallest absolute Gasteiger partial charge is 0.316 e.